The van der Waals surface area contributed by atoms with Gasteiger partial charge in [0.2, 0.25) is 12.1 Å². The molecular weight excluding hydrogens is 168 g/mol. The highest BCUT2D eigenvalue weighted by Crippen LogP contribution is 2.11. The molecule has 3 nitrogen and oxygen atoms in total. The molecule has 0 unspecified atom stereocenters. The zero-order valence-electron chi connectivity index (χ0n) is 7.40. The minimum atomic E-state index is -1.91. The predicted molar refractivity (Wildman–Crippen MR) is 48.4 cm³/mol. The van der Waals surface area contributed by atoms with Crippen LogP contribution in [0.1, 0.15) is 22.8 Å². The Hall–Kier alpha value is -1.19. The molecule has 13 heavy (non-hydrogen) atoms. The number of benzene rings is 1. The van der Waals surface area contributed by atoms with Crippen molar-refractivity contribution in [1.29, 1.82) is 0 Å². The van der Waals surface area contributed by atoms with Crippen molar-refractivity contribution in [3.63, 3.8) is 0 Å². The molecule has 1 rings (SSSR count). The summed E-state index contributed by atoms with van der Waals surface area (Å²) in [4.78, 5) is 11.2. The number of Topliss-reactive ketones (excluding diaryl/α,β-unsaturated/α-hetero) is 1. The summed E-state index contributed by atoms with van der Waals surface area (Å²) in [6.07, 6.45) is -1.21. The lowest BCUT2D eigenvalue weighted by molar-refractivity contribution is -0.0195. The van der Waals surface area contributed by atoms with Crippen molar-refractivity contribution < 1.29 is 15.0 Å². The number of aryl methyl sites for hydroxylation is 1. The van der Waals surface area contributed by atoms with Gasteiger partial charge in [-0.1, -0.05) is 31.2 Å². The van der Waals surface area contributed by atoms with Gasteiger partial charge in [-0.15, -0.1) is 0 Å². The van der Waals surface area contributed by atoms with Crippen LogP contribution in [-0.2, 0) is 6.42 Å². The van der Waals surface area contributed by atoms with Gasteiger partial charge < -0.3 is 10.2 Å². The lowest BCUT2D eigenvalue weighted by Crippen LogP contribution is -2.20. The SMILES string of the molecule is CCc1ccccc1C(=O)C(O)O. The number of aliphatic hydroxyl groups excluding tert-OH is 1. The van der Waals surface area contributed by atoms with Gasteiger partial charge in [0.15, 0.2) is 0 Å². The van der Waals surface area contributed by atoms with E-state index >= 15 is 0 Å². The molecule has 0 bridgehead atoms. The standard InChI is InChI=1S/C10H12O3/c1-2-7-5-3-4-6-8(7)9(11)10(12)13/h3-6,10,12-13H,2H2,1H3. The molecule has 0 aliphatic rings. The van der Waals surface area contributed by atoms with Crippen molar-refractivity contribution in [1.82, 2.24) is 0 Å². The quantitative estimate of drug-likeness (QED) is 0.533. The van der Waals surface area contributed by atoms with Gasteiger partial charge in [-0.3, -0.25) is 4.79 Å². The van der Waals surface area contributed by atoms with E-state index in [9.17, 15) is 4.79 Å². The summed E-state index contributed by atoms with van der Waals surface area (Å²) in [5.74, 6) is -0.641. The highest BCUT2D eigenvalue weighted by atomic mass is 16.5. The lowest BCUT2D eigenvalue weighted by Gasteiger charge is -2.06. The summed E-state index contributed by atoms with van der Waals surface area (Å²) in [5, 5.41) is 17.4. The predicted octanol–water partition coefficient (Wildman–Crippen LogP) is 0.742. The van der Waals surface area contributed by atoms with Crippen molar-refractivity contribution >= 4 is 5.78 Å². The number of rotatable bonds is 3. The average Bonchev–Trinajstić information content (AvgIpc) is 2.16. The smallest absolute Gasteiger partial charge is 0.218 e. The first-order valence-electron chi connectivity index (χ1n) is 4.15. The first kappa shape index (κ1) is 9.89. The number of aliphatic hydroxyl groups is 2. The molecule has 0 saturated heterocycles. The summed E-state index contributed by atoms with van der Waals surface area (Å²) in [5.41, 5.74) is 1.22. The van der Waals surface area contributed by atoms with Crippen LogP contribution in [0.15, 0.2) is 24.3 Å². The fourth-order valence-corrected chi connectivity index (χ4v) is 1.21. The number of carbonyl (C=O) groups excluding carboxylic acids is 1. The minimum absolute atomic E-state index is 0.389. The molecule has 0 spiro atoms. The zero-order chi connectivity index (χ0) is 9.84. The number of hydrogen-bond donors (Lipinski definition) is 2. The van der Waals surface area contributed by atoms with Gasteiger partial charge in [0, 0.05) is 5.56 Å². The maximum Gasteiger partial charge on any atom is 0.218 e. The Balaban J connectivity index is 3.06. The molecule has 0 atom stereocenters. The molecule has 2 N–H and O–H groups in total. The van der Waals surface area contributed by atoms with E-state index in [4.69, 9.17) is 10.2 Å². The van der Waals surface area contributed by atoms with Crippen LogP contribution in [0.5, 0.6) is 0 Å². The number of hydrogen-bond acceptors (Lipinski definition) is 3. The molecule has 0 amide bonds. The number of carbonyl (C=O) groups is 1. The highest BCUT2D eigenvalue weighted by Gasteiger charge is 2.15. The van der Waals surface area contributed by atoms with Crippen molar-refractivity contribution in [2.75, 3.05) is 0 Å². The van der Waals surface area contributed by atoms with Gasteiger partial charge >= 0.3 is 0 Å². The molecule has 70 valence electrons. The second kappa shape index (κ2) is 4.16. The third-order valence-electron chi connectivity index (χ3n) is 1.90. The molecule has 0 saturated carbocycles. The van der Waals surface area contributed by atoms with Gasteiger partial charge in [-0.2, -0.15) is 0 Å². The Morgan fingerprint density at radius 3 is 2.54 bits per heavy atom. The monoisotopic (exact) mass is 180 g/mol. The van der Waals surface area contributed by atoms with E-state index < -0.39 is 12.1 Å². The van der Waals surface area contributed by atoms with Crippen molar-refractivity contribution in [3.05, 3.63) is 35.4 Å². The Morgan fingerprint density at radius 1 is 1.38 bits per heavy atom. The summed E-state index contributed by atoms with van der Waals surface area (Å²) in [6, 6.07) is 6.92. The van der Waals surface area contributed by atoms with E-state index in [1.54, 1.807) is 18.2 Å². The van der Waals surface area contributed by atoms with Crippen molar-refractivity contribution in [2.45, 2.75) is 19.6 Å². The van der Waals surface area contributed by atoms with E-state index in [1.807, 2.05) is 13.0 Å². The maximum atomic E-state index is 11.2. The van der Waals surface area contributed by atoms with Crippen molar-refractivity contribution in [2.24, 2.45) is 0 Å². The summed E-state index contributed by atoms with van der Waals surface area (Å²) in [7, 11) is 0. The Labute approximate surface area is 76.6 Å². The van der Waals surface area contributed by atoms with Crippen LogP contribution in [0, 0.1) is 0 Å². The largest absolute Gasteiger partial charge is 0.362 e. The second-order valence-corrected chi connectivity index (χ2v) is 2.75. The third kappa shape index (κ3) is 2.14. The minimum Gasteiger partial charge on any atom is -0.362 e. The molecule has 0 aliphatic carbocycles. The Morgan fingerprint density at radius 2 is 2.00 bits per heavy atom. The molecule has 0 radical (unpaired) electrons. The maximum absolute atomic E-state index is 11.2. The van der Waals surface area contributed by atoms with Gasteiger partial charge in [-0.25, -0.2) is 0 Å². The van der Waals surface area contributed by atoms with Crippen LogP contribution in [0.2, 0.25) is 0 Å². The number of ketones is 1. The van der Waals surface area contributed by atoms with E-state index in [0.717, 1.165) is 5.56 Å². The molecule has 0 heterocycles. The summed E-state index contributed by atoms with van der Waals surface area (Å²) in [6.45, 7) is 1.91. The third-order valence-corrected chi connectivity index (χ3v) is 1.90. The van der Waals surface area contributed by atoms with Gasteiger partial charge in [0.25, 0.3) is 0 Å². The second-order valence-electron chi connectivity index (χ2n) is 2.75. The van der Waals surface area contributed by atoms with Crippen LogP contribution in [-0.4, -0.2) is 22.3 Å². The highest BCUT2D eigenvalue weighted by molar-refractivity contribution is 5.99. The van der Waals surface area contributed by atoms with Crippen LogP contribution in [0.25, 0.3) is 0 Å². The summed E-state index contributed by atoms with van der Waals surface area (Å²) >= 11 is 0. The molecule has 3 heteroatoms. The molecular formula is C10H12O3. The van der Waals surface area contributed by atoms with E-state index in [1.165, 1.54) is 0 Å². The first-order valence-corrected chi connectivity index (χ1v) is 4.15. The molecule has 0 aromatic heterocycles. The zero-order valence-corrected chi connectivity index (χ0v) is 7.40. The van der Waals surface area contributed by atoms with Crippen LogP contribution >= 0.6 is 0 Å². The average molecular weight is 180 g/mol. The Bertz CT molecular complexity index is 305. The first-order chi connectivity index (χ1) is 6.16. The van der Waals surface area contributed by atoms with E-state index in [0.29, 0.717) is 12.0 Å². The molecule has 0 aliphatic heterocycles. The van der Waals surface area contributed by atoms with Gasteiger partial charge in [0.1, 0.15) is 0 Å². The van der Waals surface area contributed by atoms with Crippen LogP contribution in [0.3, 0.4) is 0 Å². The molecule has 0 fully saturated rings. The van der Waals surface area contributed by atoms with E-state index in [2.05, 4.69) is 0 Å². The topological polar surface area (TPSA) is 57.5 Å². The summed E-state index contributed by atoms with van der Waals surface area (Å²) < 4.78 is 0. The molecule has 1 aromatic carbocycles. The van der Waals surface area contributed by atoms with Crippen molar-refractivity contribution in [3.8, 4) is 0 Å². The fraction of sp³-hybridized carbons (Fsp3) is 0.300. The van der Waals surface area contributed by atoms with Crippen LogP contribution in [0.4, 0.5) is 0 Å². The van der Waals surface area contributed by atoms with Gasteiger partial charge in [0.05, 0.1) is 0 Å². The fourth-order valence-electron chi connectivity index (χ4n) is 1.21. The normalized spacial score (nSPS) is 10.5. The van der Waals surface area contributed by atoms with Gasteiger partial charge in [-0.05, 0) is 12.0 Å². The van der Waals surface area contributed by atoms with Crippen LogP contribution < -0.4 is 0 Å². The Kier molecular flexibility index (Phi) is 3.17. The lowest BCUT2D eigenvalue weighted by atomic mass is 10.0. The van der Waals surface area contributed by atoms with E-state index in [-0.39, 0.29) is 0 Å². The molecule has 1 aromatic rings.